The van der Waals surface area contributed by atoms with Crippen LogP contribution in [0.3, 0.4) is 0 Å². The van der Waals surface area contributed by atoms with Crippen LogP contribution in [0.5, 0.6) is 11.5 Å². The van der Waals surface area contributed by atoms with Crippen LogP contribution in [-0.4, -0.2) is 35.4 Å². The summed E-state index contributed by atoms with van der Waals surface area (Å²) in [6.45, 7) is 2.89. The van der Waals surface area contributed by atoms with Crippen LogP contribution in [0.2, 0.25) is 0 Å². The van der Waals surface area contributed by atoms with Crippen LogP contribution in [0.25, 0.3) is 10.9 Å². The lowest BCUT2D eigenvalue weighted by molar-refractivity contribution is -0.116. The van der Waals surface area contributed by atoms with Crippen molar-refractivity contribution in [3.05, 3.63) is 42.6 Å². The predicted molar refractivity (Wildman–Crippen MR) is 95.2 cm³/mol. The standard InChI is InChI=1S/C18H18N4O3/c1-11(20-14-4-5-16-17(9-14)25-7-6-24-16)18(23)21-13-3-2-12-10-19-22-15(12)8-13/h2-5,8-11,20H,6-7H2,1H3,(H,19,22)(H,21,23). The Morgan fingerprint density at radius 3 is 2.80 bits per heavy atom. The minimum absolute atomic E-state index is 0.131. The summed E-state index contributed by atoms with van der Waals surface area (Å²) >= 11 is 0. The van der Waals surface area contributed by atoms with E-state index in [1.165, 1.54) is 0 Å². The molecule has 1 unspecified atom stereocenters. The van der Waals surface area contributed by atoms with Crippen molar-refractivity contribution < 1.29 is 14.3 Å². The van der Waals surface area contributed by atoms with E-state index in [1.54, 1.807) is 13.1 Å². The fourth-order valence-electron chi connectivity index (χ4n) is 2.71. The van der Waals surface area contributed by atoms with Gasteiger partial charge in [0.1, 0.15) is 19.3 Å². The first-order valence-corrected chi connectivity index (χ1v) is 8.09. The van der Waals surface area contributed by atoms with Gasteiger partial charge in [0.15, 0.2) is 11.5 Å². The molecule has 1 aromatic heterocycles. The van der Waals surface area contributed by atoms with Gasteiger partial charge in [-0.25, -0.2) is 0 Å². The lowest BCUT2D eigenvalue weighted by Crippen LogP contribution is -2.31. The number of carbonyl (C=O) groups is 1. The van der Waals surface area contributed by atoms with Crippen LogP contribution in [0.15, 0.2) is 42.6 Å². The molecule has 0 radical (unpaired) electrons. The van der Waals surface area contributed by atoms with Crippen molar-refractivity contribution in [2.45, 2.75) is 13.0 Å². The molecule has 2 aromatic carbocycles. The minimum atomic E-state index is -0.417. The number of nitrogens with zero attached hydrogens (tertiary/aromatic N) is 1. The zero-order valence-electron chi connectivity index (χ0n) is 13.7. The summed E-state index contributed by atoms with van der Waals surface area (Å²) < 4.78 is 11.1. The van der Waals surface area contributed by atoms with E-state index in [9.17, 15) is 4.79 Å². The molecule has 2 heterocycles. The molecule has 7 heteroatoms. The lowest BCUT2D eigenvalue weighted by Gasteiger charge is -2.20. The summed E-state index contributed by atoms with van der Waals surface area (Å²) in [5, 5.41) is 13.9. The molecule has 0 aliphatic carbocycles. The fraction of sp³-hybridized carbons (Fsp3) is 0.222. The number of nitrogens with one attached hydrogen (secondary N) is 3. The first kappa shape index (κ1) is 15.3. The summed E-state index contributed by atoms with van der Waals surface area (Å²) in [6.07, 6.45) is 1.74. The highest BCUT2D eigenvalue weighted by atomic mass is 16.6. The average Bonchev–Trinajstić information content (AvgIpc) is 3.09. The zero-order valence-corrected chi connectivity index (χ0v) is 13.7. The largest absolute Gasteiger partial charge is 0.486 e. The Morgan fingerprint density at radius 2 is 1.92 bits per heavy atom. The van der Waals surface area contributed by atoms with Crippen molar-refractivity contribution in [3.63, 3.8) is 0 Å². The Labute approximate surface area is 144 Å². The second kappa shape index (κ2) is 6.35. The van der Waals surface area contributed by atoms with E-state index in [-0.39, 0.29) is 5.91 Å². The Bertz CT molecular complexity index is 922. The van der Waals surface area contributed by atoms with Gasteiger partial charge in [-0.3, -0.25) is 9.89 Å². The van der Waals surface area contributed by atoms with E-state index in [4.69, 9.17) is 9.47 Å². The van der Waals surface area contributed by atoms with E-state index in [1.807, 2.05) is 36.4 Å². The van der Waals surface area contributed by atoms with Crippen LogP contribution in [-0.2, 0) is 4.79 Å². The number of rotatable bonds is 4. The fourth-order valence-corrected chi connectivity index (χ4v) is 2.71. The summed E-state index contributed by atoms with van der Waals surface area (Å²) in [5.41, 5.74) is 2.40. The maximum absolute atomic E-state index is 12.4. The summed E-state index contributed by atoms with van der Waals surface area (Å²) in [6, 6.07) is 10.8. The van der Waals surface area contributed by atoms with Gasteiger partial charge in [-0.1, -0.05) is 0 Å². The molecule has 4 rings (SSSR count). The molecule has 3 aromatic rings. The van der Waals surface area contributed by atoms with Crippen molar-refractivity contribution in [1.29, 1.82) is 0 Å². The van der Waals surface area contributed by atoms with Gasteiger partial charge in [0.2, 0.25) is 5.91 Å². The molecule has 1 aliphatic rings. The summed E-state index contributed by atoms with van der Waals surface area (Å²) in [4.78, 5) is 12.4. The van der Waals surface area contributed by atoms with Gasteiger partial charge in [0, 0.05) is 22.8 Å². The van der Waals surface area contributed by atoms with E-state index in [2.05, 4.69) is 20.8 Å². The monoisotopic (exact) mass is 338 g/mol. The number of fused-ring (bicyclic) bond motifs is 2. The smallest absolute Gasteiger partial charge is 0.246 e. The number of carbonyl (C=O) groups excluding carboxylic acids is 1. The molecule has 0 spiro atoms. The number of hydrogen-bond acceptors (Lipinski definition) is 5. The zero-order chi connectivity index (χ0) is 17.2. The van der Waals surface area contributed by atoms with Gasteiger partial charge in [0.05, 0.1) is 11.7 Å². The summed E-state index contributed by atoms with van der Waals surface area (Å²) in [7, 11) is 0. The number of ether oxygens (including phenoxy) is 2. The first-order chi connectivity index (χ1) is 12.2. The van der Waals surface area contributed by atoms with E-state index in [0.717, 1.165) is 28.0 Å². The Balaban J connectivity index is 1.43. The Hall–Kier alpha value is -3.22. The SMILES string of the molecule is CC(Nc1ccc2c(c1)OCCO2)C(=O)Nc1ccc2cn[nH]c2c1. The molecular weight excluding hydrogens is 320 g/mol. The Morgan fingerprint density at radius 1 is 1.12 bits per heavy atom. The van der Waals surface area contributed by atoms with Crippen LogP contribution < -0.4 is 20.1 Å². The second-order valence-corrected chi connectivity index (χ2v) is 5.89. The van der Waals surface area contributed by atoms with Gasteiger partial charge in [0.25, 0.3) is 0 Å². The van der Waals surface area contributed by atoms with Gasteiger partial charge in [-0.05, 0) is 37.3 Å². The van der Waals surface area contributed by atoms with E-state index in [0.29, 0.717) is 19.0 Å². The van der Waals surface area contributed by atoms with Crippen molar-refractivity contribution >= 4 is 28.2 Å². The molecule has 3 N–H and O–H groups in total. The van der Waals surface area contributed by atoms with Crippen LogP contribution >= 0.6 is 0 Å². The number of hydrogen-bond donors (Lipinski definition) is 3. The van der Waals surface area contributed by atoms with Crippen LogP contribution in [0.1, 0.15) is 6.92 Å². The van der Waals surface area contributed by atoms with Gasteiger partial charge in [-0.2, -0.15) is 5.10 Å². The molecule has 1 amide bonds. The average molecular weight is 338 g/mol. The number of anilines is 2. The molecule has 0 fully saturated rings. The third-order valence-electron chi connectivity index (χ3n) is 4.03. The first-order valence-electron chi connectivity index (χ1n) is 8.09. The highest BCUT2D eigenvalue weighted by molar-refractivity contribution is 5.97. The predicted octanol–water partition coefficient (Wildman–Crippen LogP) is 2.77. The Kier molecular flexibility index (Phi) is 3.89. The highest BCUT2D eigenvalue weighted by Crippen LogP contribution is 2.32. The number of amides is 1. The topological polar surface area (TPSA) is 88.3 Å². The maximum Gasteiger partial charge on any atom is 0.246 e. The van der Waals surface area contributed by atoms with E-state index < -0.39 is 6.04 Å². The third-order valence-corrected chi connectivity index (χ3v) is 4.03. The number of H-pyrrole nitrogens is 1. The highest BCUT2D eigenvalue weighted by Gasteiger charge is 2.16. The second-order valence-electron chi connectivity index (χ2n) is 5.89. The maximum atomic E-state index is 12.4. The number of aromatic amines is 1. The molecule has 0 saturated heterocycles. The quantitative estimate of drug-likeness (QED) is 0.681. The molecule has 1 atom stereocenters. The molecule has 0 saturated carbocycles. The molecule has 128 valence electrons. The lowest BCUT2D eigenvalue weighted by atomic mass is 10.2. The molecule has 7 nitrogen and oxygen atoms in total. The molecule has 25 heavy (non-hydrogen) atoms. The van der Waals surface area contributed by atoms with Crippen molar-refractivity contribution in [3.8, 4) is 11.5 Å². The van der Waals surface area contributed by atoms with Crippen molar-refractivity contribution in [1.82, 2.24) is 10.2 Å². The molecule has 1 aliphatic heterocycles. The van der Waals surface area contributed by atoms with Crippen molar-refractivity contribution in [2.24, 2.45) is 0 Å². The van der Waals surface area contributed by atoms with Gasteiger partial charge < -0.3 is 20.1 Å². The normalized spacial score (nSPS) is 14.1. The minimum Gasteiger partial charge on any atom is -0.486 e. The van der Waals surface area contributed by atoms with Crippen LogP contribution in [0, 0.1) is 0 Å². The van der Waals surface area contributed by atoms with Crippen LogP contribution in [0.4, 0.5) is 11.4 Å². The summed E-state index contributed by atoms with van der Waals surface area (Å²) in [5.74, 6) is 1.28. The number of benzene rings is 2. The molecular formula is C18H18N4O3. The third kappa shape index (κ3) is 3.21. The molecule has 0 bridgehead atoms. The van der Waals surface area contributed by atoms with E-state index >= 15 is 0 Å². The van der Waals surface area contributed by atoms with Gasteiger partial charge >= 0.3 is 0 Å². The van der Waals surface area contributed by atoms with Gasteiger partial charge in [-0.15, -0.1) is 0 Å². The van der Waals surface area contributed by atoms with Crippen molar-refractivity contribution in [2.75, 3.05) is 23.8 Å². The number of aromatic nitrogens is 2.